The molecule has 2 rings (SSSR count). The number of pyridine rings is 1. The fraction of sp³-hybridized carbons (Fsp3) is 0.214. The maximum Gasteiger partial charge on any atom is 0.261 e. The highest BCUT2D eigenvalue weighted by molar-refractivity contribution is 8.13. The molecule has 0 atom stereocenters. The molecule has 4 nitrogen and oxygen atoms in total. The number of hydrogen-bond donors (Lipinski definition) is 0. The van der Waals surface area contributed by atoms with Gasteiger partial charge in [-0.05, 0) is 48.4 Å². The van der Waals surface area contributed by atoms with Gasteiger partial charge in [0.25, 0.3) is 9.05 Å². The Morgan fingerprint density at radius 1 is 1.20 bits per heavy atom. The molecule has 0 aliphatic heterocycles. The summed E-state index contributed by atoms with van der Waals surface area (Å²) in [5, 5.41) is 0. The zero-order chi connectivity index (χ0) is 14.6. The van der Waals surface area contributed by atoms with Crippen LogP contribution in [-0.4, -0.2) is 20.0 Å². The molecule has 20 heavy (non-hydrogen) atoms. The Morgan fingerprint density at radius 3 is 2.50 bits per heavy atom. The van der Waals surface area contributed by atoms with Crippen LogP contribution < -0.4 is 4.74 Å². The summed E-state index contributed by atoms with van der Waals surface area (Å²) in [5.74, 6) is 0.626. The van der Waals surface area contributed by atoms with E-state index in [2.05, 4.69) is 4.98 Å². The molecular weight excluding hydrogens is 298 g/mol. The highest BCUT2D eigenvalue weighted by Crippen LogP contribution is 2.24. The number of benzene rings is 1. The van der Waals surface area contributed by atoms with Crippen LogP contribution in [0.5, 0.6) is 5.75 Å². The summed E-state index contributed by atoms with van der Waals surface area (Å²) < 4.78 is 28.2. The van der Waals surface area contributed by atoms with Crippen LogP contribution in [0.1, 0.15) is 11.1 Å². The van der Waals surface area contributed by atoms with Gasteiger partial charge in [0, 0.05) is 29.5 Å². The van der Waals surface area contributed by atoms with Crippen LogP contribution in [-0.2, 0) is 15.5 Å². The first-order valence-corrected chi connectivity index (χ1v) is 8.35. The zero-order valence-electron chi connectivity index (χ0n) is 10.9. The molecule has 0 radical (unpaired) electrons. The van der Waals surface area contributed by atoms with E-state index in [1.54, 1.807) is 31.5 Å². The van der Waals surface area contributed by atoms with E-state index in [0.29, 0.717) is 17.9 Å². The predicted molar refractivity (Wildman–Crippen MR) is 77.7 cm³/mol. The third-order valence-corrected chi connectivity index (χ3v) is 4.30. The van der Waals surface area contributed by atoms with Gasteiger partial charge in [0.15, 0.2) is 0 Å². The third-order valence-electron chi connectivity index (χ3n) is 2.82. The molecular formula is C14H14ClNO3S. The Labute approximate surface area is 122 Å². The van der Waals surface area contributed by atoms with E-state index in [1.165, 1.54) is 6.07 Å². The average Bonchev–Trinajstić information content (AvgIpc) is 2.38. The minimum Gasteiger partial charge on any atom is -0.493 e. The normalized spacial score (nSPS) is 11.3. The van der Waals surface area contributed by atoms with Crippen LogP contribution >= 0.6 is 10.7 Å². The molecule has 1 heterocycles. The van der Waals surface area contributed by atoms with Crippen molar-refractivity contribution >= 4 is 19.7 Å². The largest absolute Gasteiger partial charge is 0.493 e. The van der Waals surface area contributed by atoms with Crippen LogP contribution in [0.3, 0.4) is 0 Å². The van der Waals surface area contributed by atoms with Gasteiger partial charge < -0.3 is 4.74 Å². The Hall–Kier alpha value is -1.59. The molecule has 0 saturated carbocycles. The van der Waals surface area contributed by atoms with Crippen molar-refractivity contribution in [3.05, 3.63) is 53.9 Å². The molecule has 2 aromatic rings. The van der Waals surface area contributed by atoms with E-state index in [4.69, 9.17) is 15.4 Å². The molecule has 0 unspecified atom stereocenters. The van der Waals surface area contributed by atoms with Gasteiger partial charge in [-0.3, -0.25) is 4.98 Å². The van der Waals surface area contributed by atoms with Crippen LogP contribution in [0, 0.1) is 6.92 Å². The number of hydrogen-bond acceptors (Lipinski definition) is 4. The minimum atomic E-state index is -3.70. The molecule has 6 heteroatoms. The average molecular weight is 312 g/mol. The van der Waals surface area contributed by atoms with Crippen LogP contribution in [0.4, 0.5) is 0 Å². The van der Waals surface area contributed by atoms with Gasteiger partial charge in [-0.1, -0.05) is 0 Å². The summed E-state index contributed by atoms with van der Waals surface area (Å²) in [6.45, 7) is 2.20. The lowest BCUT2D eigenvalue weighted by Gasteiger charge is -2.08. The molecule has 1 aromatic heterocycles. The van der Waals surface area contributed by atoms with Gasteiger partial charge in [-0.15, -0.1) is 0 Å². The van der Waals surface area contributed by atoms with Gasteiger partial charge >= 0.3 is 0 Å². The maximum absolute atomic E-state index is 11.3. The predicted octanol–water partition coefficient (Wildman–Crippen LogP) is 2.94. The van der Waals surface area contributed by atoms with E-state index in [9.17, 15) is 8.42 Å². The molecule has 0 N–H and O–H groups in total. The van der Waals surface area contributed by atoms with E-state index in [0.717, 1.165) is 12.0 Å². The van der Waals surface area contributed by atoms with Gasteiger partial charge in [0.1, 0.15) is 5.75 Å². The van der Waals surface area contributed by atoms with Crippen molar-refractivity contribution in [1.29, 1.82) is 0 Å². The van der Waals surface area contributed by atoms with E-state index in [1.807, 2.05) is 12.1 Å². The molecule has 0 aliphatic rings. The quantitative estimate of drug-likeness (QED) is 0.797. The number of aryl methyl sites for hydroxylation is 1. The highest BCUT2D eigenvalue weighted by atomic mass is 35.7. The van der Waals surface area contributed by atoms with Crippen LogP contribution in [0.2, 0.25) is 0 Å². The first-order chi connectivity index (χ1) is 9.47. The number of rotatable bonds is 5. The second-order valence-corrected chi connectivity index (χ2v) is 6.85. The third kappa shape index (κ3) is 3.95. The summed E-state index contributed by atoms with van der Waals surface area (Å²) in [6, 6.07) is 8.59. The monoisotopic (exact) mass is 311 g/mol. The van der Waals surface area contributed by atoms with E-state index >= 15 is 0 Å². The summed E-state index contributed by atoms with van der Waals surface area (Å²) >= 11 is 0. The molecule has 0 saturated heterocycles. The molecule has 0 amide bonds. The Kier molecular flexibility index (Phi) is 4.62. The lowest BCUT2D eigenvalue weighted by Crippen LogP contribution is -2.02. The standard InChI is InChI=1S/C14H14ClNO3S/c1-11-10-13(2-3-14(11)20(15,17)18)19-9-6-12-4-7-16-8-5-12/h2-5,7-8,10H,6,9H2,1H3. The van der Waals surface area contributed by atoms with Crippen molar-refractivity contribution in [3.63, 3.8) is 0 Å². The lowest BCUT2D eigenvalue weighted by molar-refractivity contribution is 0.321. The topological polar surface area (TPSA) is 56.3 Å². The fourth-order valence-electron chi connectivity index (χ4n) is 1.82. The SMILES string of the molecule is Cc1cc(OCCc2ccncc2)ccc1S(=O)(=O)Cl. The Bertz CT molecular complexity index is 687. The highest BCUT2D eigenvalue weighted by Gasteiger charge is 2.13. The number of nitrogens with zero attached hydrogens (tertiary/aromatic N) is 1. The van der Waals surface area contributed by atoms with Crippen molar-refractivity contribution in [3.8, 4) is 5.75 Å². The van der Waals surface area contributed by atoms with Crippen LogP contribution in [0.25, 0.3) is 0 Å². The summed E-state index contributed by atoms with van der Waals surface area (Å²) in [5.41, 5.74) is 1.71. The Morgan fingerprint density at radius 2 is 1.90 bits per heavy atom. The zero-order valence-corrected chi connectivity index (χ0v) is 12.5. The first kappa shape index (κ1) is 14.8. The van der Waals surface area contributed by atoms with Crippen molar-refractivity contribution < 1.29 is 13.2 Å². The molecule has 1 aromatic carbocycles. The molecule has 0 bridgehead atoms. The molecule has 0 fully saturated rings. The van der Waals surface area contributed by atoms with Gasteiger partial charge in [0.05, 0.1) is 11.5 Å². The summed E-state index contributed by atoms with van der Waals surface area (Å²) in [7, 11) is 1.62. The summed E-state index contributed by atoms with van der Waals surface area (Å²) in [6.07, 6.45) is 4.23. The Balaban J connectivity index is 1.99. The fourth-order valence-corrected chi connectivity index (χ4v) is 3.01. The first-order valence-electron chi connectivity index (χ1n) is 6.04. The second-order valence-electron chi connectivity index (χ2n) is 4.32. The number of aromatic nitrogens is 1. The number of halogens is 1. The number of ether oxygens (including phenoxy) is 1. The van der Waals surface area contributed by atoms with Crippen molar-refractivity contribution in [2.75, 3.05) is 6.61 Å². The van der Waals surface area contributed by atoms with E-state index in [-0.39, 0.29) is 4.90 Å². The minimum absolute atomic E-state index is 0.112. The molecule has 0 spiro atoms. The lowest BCUT2D eigenvalue weighted by atomic mass is 10.2. The van der Waals surface area contributed by atoms with Gasteiger partial charge in [-0.25, -0.2) is 8.42 Å². The molecule has 106 valence electrons. The van der Waals surface area contributed by atoms with Crippen molar-refractivity contribution in [2.45, 2.75) is 18.2 Å². The second kappa shape index (κ2) is 6.24. The van der Waals surface area contributed by atoms with Gasteiger partial charge in [-0.2, -0.15) is 0 Å². The maximum atomic E-state index is 11.3. The molecule has 0 aliphatic carbocycles. The van der Waals surface area contributed by atoms with Crippen molar-refractivity contribution in [2.24, 2.45) is 0 Å². The summed E-state index contributed by atoms with van der Waals surface area (Å²) in [4.78, 5) is 4.06. The smallest absolute Gasteiger partial charge is 0.261 e. The van der Waals surface area contributed by atoms with E-state index < -0.39 is 9.05 Å². The van der Waals surface area contributed by atoms with Crippen LogP contribution in [0.15, 0.2) is 47.6 Å². The van der Waals surface area contributed by atoms with Crippen molar-refractivity contribution in [1.82, 2.24) is 4.98 Å². The van der Waals surface area contributed by atoms with Gasteiger partial charge in [0.2, 0.25) is 0 Å².